The minimum absolute atomic E-state index is 0.395. The molecule has 0 amide bonds. The molecule has 0 saturated carbocycles. The Morgan fingerprint density at radius 1 is 1.43 bits per heavy atom. The summed E-state index contributed by atoms with van der Waals surface area (Å²) in [7, 11) is 1.60. The van der Waals surface area contributed by atoms with Gasteiger partial charge < -0.3 is 14.4 Å². The minimum atomic E-state index is -0.847. The Kier molecular flexibility index (Phi) is 3.59. The molecular formula is C15H15ClN2O3. The molecule has 0 saturated heterocycles. The molecule has 5 nitrogen and oxygen atoms in total. The number of carboxylic acid groups (broad SMARTS) is 1. The van der Waals surface area contributed by atoms with Crippen LogP contribution in [-0.4, -0.2) is 27.7 Å². The number of fused-ring (bicyclic) bond motifs is 1. The maximum Gasteiger partial charge on any atom is 0.326 e. The molecule has 1 N–H and O–H groups in total. The first-order valence-corrected chi connectivity index (χ1v) is 7.13. The van der Waals surface area contributed by atoms with Crippen molar-refractivity contribution >= 4 is 17.6 Å². The standard InChI is InChI=1S/C15H15ClN2O3/c1-21-10-7-5-9(6-8-10)14-17-13(16)11-3-2-4-12(15(19)20)18(11)14/h5-8,12H,2-4H2,1H3,(H,19,20). The fraction of sp³-hybridized carbons (Fsp3) is 0.333. The fourth-order valence-electron chi connectivity index (χ4n) is 2.77. The highest BCUT2D eigenvalue weighted by Gasteiger charge is 2.31. The van der Waals surface area contributed by atoms with Crippen LogP contribution in [0.1, 0.15) is 24.6 Å². The van der Waals surface area contributed by atoms with Gasteiger partial charge in [-0.1, -0.05) is 11.6 Å². The van der Waals surface area contributed by atoms with Gasteiger partial charge in [0.15, 0.2) is 5.15 Å². The lowest BCUT2D eigenvalue weighted by Crippen LogP contribution is -2.25. The van der Waals surface area contributed by atoms with Gasteiger partial charge in [0, 0.05) is 5.56 Å². The summed E-state index contributed by atoms with van der Waals surface area (Å²) in [6, 6.07) is 6.76. The zero-order chi connectivity index (χ0) is 15.0. The number of hydrogen-bond donors (Lipinski definition) is 1. The van der Waals surface area contributed by atoms with Crippen LogP contribution in [0.5, 0.6) is 5.75 Å². The Labute approximate surface area is 127 Å². The third-order valence-electron chi connectivity index (χ3n) is 3.80. The van der Waals surface area contributed by atoms with Crippen molar-refractivity contribution in [1.82, 2.24) is 9.55 Å². The molecule has 2 heterocycles. The highest BCUT2D eigenvalue weighted by Crippen LogP contribution is 2.35. The van der Waals surface area contributed by atoms with Crippen molar-refractivity contribution in [2.75, 3.05) is 7.11 Å². The number of halogens is 1. The first-order chi connectivity index (χ1) is 10.1. The lowest BCUT2D eigenvalue weighted by Gasteiger charge is -2.24. The number of hydrogen-bond acceptors (Lipinski definition) is 3. The van der Waals surface area contributed by atoms with Crippen LogP contribution < -0.4 is 4.74 Å². The van der Waals surface area contributed by atoms with Crippen LogP contribution in [0.15, 0.2) is 24.3 Å². The molecule has 1 aliphatic heterocycles. The van der Waals surface area contributed by atoms with E-state index in [1.807, 2.05) is 24.3 Å². The van der Waals surface area contributed by atoms with Crippen LogP contribution in [0.25, 0.3) is 11.4 Å². The molecule has 110 valence electrons. The number of aromatic nitrogens is 2. The van der Waals surface area contributed by atoms with Crippen molar-refractivity contribution in [1.29, 1.82) is 0 Å². The molecule has 0 aliphatic carbocycles. The van der Waals surface area contributed by atoms with Crippen molar-refractivity contribution in [2.45, 2.75) is 25.3 Å². The Hall–Kier alpha value is -2.01. The number of ether oxygens (including phenoxy) is 1. The summed E-state index contributed by atoms with van der Waals surface area (Å²) >= 11 is 6.19. The van der Waals surface area contributed by atoms with E-state index in [0.717, 1.165) is 29.8 Å². The van der Waals surface area contributed by atoms with E-state index in [1.54, 1.807) is 11.7 Å². The van der Waals surface area contributed by atoms with Crippen molar-refractivity contribution in [3.8, 4) is 17.1 Å². The van der Waals surface area contributed by atoms with Crippen LogP contribution in [0.4, 0.5) is 0 Å². The van der Waals surface area contributed by atoms with E-state index in [1.165, 1.54) is 0 Å². The van der Waals surface area contributed by atoms with Gasteiger partial charge in [0.2, 0.25) is 0 Å². The van der Waals surface area contributed by atoms with Crippen LogP contribution in [0, 0.1) is 0 Å². The molecule has 3 rings (SSSR count). The van der Waals surface area contributed by atoms with E-state index < -0.39 is 12.0 Å². The maximum atomic E-state index is 11.5. The van der Waals surface area contributed by atoms with Gasteiger partial charge in [0.05, 0.1) is 12.8 Å². The number of benzene rings is 1. The van der Waals surface area contributed by atoms with Gasteiger partial charge in [-0.15, -0.1) is 0 Å². The van der Waals surface area contributed by atoms with Gasteiger partial charge in [0.25, 0.3) is 0 Å². The summed E-state index contributed by atoms with van der Waals surface area (Å²) in [6.07, 6.45) is 2.16. The van der Waals surface area contributed by atoms with Crippen LogP contribution in [0.3, 0.4) is 0 Å². The second-order valence-electron chi connectivity index (χ2n) is 5.02. The first-order valence-electron chi connectivity index (χ1n) is 6.75. The smallest absolute Gasteiger partial charge is 0.326 e. The van der Waals surface area contributed by atoms with Gasteiger partial charge in [-0.05, 0) is 43.5 Å². The topological polar surface area (TPSA) is 64.4 Å². The van der Waals surface area contributed by atoms with Crippen LogP contribution >= 0.6 is 11.6 Å². The SMILES string of the molecule is COc1ccc(-c2nc(Cl)c3n2C(C(=O)O)CCC3)cc1. The monoisotopic (exact) mass is 306 g/mol. The third kappa shape index (κ3) is 2.38. The summed E-state index contributed by atoms with van der Waals surface area (Å²) in [4.78, 5) is 15.9. The summed E-state index contributed by atoms with van der Waals surface area (Å²) in [6.45, 7) is 0. The molecule has 1 aliphatic rings. The summed E-state index contributed by atoms with van der Waals surface area (Å²) < 4.78 is 6.89. The molecule has 1 unspecified atom stereocenters. The number of rotatable bonds is 3. The van der Waals surface area contributed by atoms with Gasteiger partial charge in [-0.2, -0.15) is 0 Å². The predicted octanol–water partition coefficient (Wildman–Crippen LogP) is 3.17. The third-order valence-corrected chi connectivity index (χ3v) is 4.10. The van der Waals surface area contributed by atoms with E-state index in [4.69, 9.17) is 16.3 Å². The number of carbonyl (C=O) groups is 1. The predicted molar refractivity (Wildman–Crippen MR) is 78.8 cm³/mol. The normalized spacial score (nSPS) is 17.3. The molecule has 1 atom stereocenters. The largest absolute Gasteiger partial charge is 0.497 e. The lowest BCUT2D eigenvalue weighted by atomic mass is 10.0. The van der Waals surface area contributed by atoms with Crippen LogP contribution in [-0.2, 0) is 11.2 Å². The molecule has 0 spiro atoms. The van der Waals surface area contributed by atoms with E-state index >= 15 is 0 Å². The van der Waals surface area contributed by atoms with E-state index in [-0.39, 0.29) is 0 Å². The van der Waals surface area contributed by atoms with Crippen molar-refractivity contribution in [3.63, 3.8) is 0 Å². The quantitative estimate of drug-likeness (QED) is 0.946. The van der Waals surface area contributed by atoms with Gasteiger partial charge in [-0.3, -0.25) is 0 Å². The zero-order valence-electron chi connectivity index (χ0n) is 11.5. The number of nitrogens with zero attached hydrogens (tertiary/aromatic N) is 2. The molecule has 1 aromatic carbocycles. The fourth-order valence-corrected chi connectivity index (χ4v) is 3.03. The van der Waals surface area contributed by atoms with Crippen molar-refractivity contribution in [3.05, 3.63) is 35.1 Å². The Morgan fingerprint density at radius 2 is 2.14 bits per heavy atom. The summed E-state index contributed by atoms with van der Waals surface area (Å²) in [5, 5.41) is 9.83. The Morgan fingerprint density at radius 3 is 2.76 bits per heavy atom. The highest BCUT2D eigenvalue weighted by atomic mass is 35.5. The molecule has 1 aromatic heterocycles. The average Bonchev–Trinajstić information content (AvgIpc) is 2.84. The molecule has 0 fully saturated rings. The molecular weight excluding hydrogens is 292 g/mol. The maximum absolute atomic E-state index is 11.5. The second kappa shape index (κ2) is 5.41. The number of methoxy groups -OCH3 is 1. The minimum Gasteiger partial charge on any atom is -0.497 e. The summed E-state index contributed by atoms with van der Waals surface area (Å²) in [5.41, 5.74) is 1.64. The molecule has 0 radical (unpaired) electrons. The van der Waals surface area contributed by atoms with Crippen molar-refractivity contribution < 1.29 is 14.6 Å². The van der Waals surface area contributed by atoms with Gasteiger partial charge in [-0.25, -0.2) is 9.78 Å². The molecule has 6 heteroatoms. The second-order valence-corrected chi connectivity index (χ2v) is 5.38. The molecule has 2 aromatic rings. The molecule has 21 heavy (non-hydrogen) atoms. The van der Waals surface area contributed by atoms with Crippen molar-refractivity contribution in [2.24, 2.45) is 0 Å². The molecule has 0 bridgehead atoms. The number of carboxylic acids is 1. The number of imidazole rings is 1. The average molecular weight is 307 g/mol. The van der Waals surface area contributed by atoms with Crippen LogP contribution in [0.2, 0.25) is 5.15 Å². The summed E-state index contributed by atoms with van der Waals surface area (Å²) in [5.74, 6) is 0.495. The Balaban J connectivity index is 2.12. The highest BCUT2D eigenvalue weighted by molar-refractivity contribution is 6.30. The van der Waals surface area contributed by atoms with Gasteiger partial charge in [0.1, 0.15) is 17.6 Å². The van der Waals surface area contributed by atoms with E-state index in [9.17, 15) is 9.90 Å². The zero-order valence-corrected chi connectivity index (χ0v) is 12.3. The van der Waals surface area contributed by atoms with E-state index in [0.29, 0.717) is 17.4 Å². The Bertz CT molecular complexity index is 679. The van der Waals surface area contributed by atoms with E-state index in [2.05, 4.69) is 4.98 Å². The van der Waals surface area contributed by atoms with Gasteiger partial charge >= 0.3 is 5.97 Å². The first kappa shape index (κ1) is 13.9. The number of aliphatic carboxylic acids is 1. The lowest BCUT2D eigenvalue weighted by molar-refractivity contribution is -0.141.